The molecular formula is C16H16N2O4S. The van der Waals surface area contributed by atoms with Gasteiger partial charge in [-0.1, -0.05) is 6.07 Å². The van der Waals surface area contributed by atoms with Gasteiger partial charge in [0, 0.05) is 18.3 Å². The van der Waals surface area contributed by atoms with Gasteiger partial charge in [0.2, 0.25) is 10.0 Å². The van der Waals surface area contributed by atoms with Crippen molar-refractivity contribution in [2.24, 2.45) is 5.14 Å². The molecule has 1 aliphatic heterocycles. The number of benzene rings is 1. The Balaban J connectivity index is 1.86. The number of fused-ring (bicyclic) bond motifs is 1. The summed E-state index contributed by atoms with van der Waals surface area (Å²) in [4.78, 5) is 13.9. The van der Waals surface area contributed by atoms with Crippen LogP contribution < -0.4 is 10.0 Å². The molecule has 0 unspecified atom stereocenters. The minimum atomic E-state index is -3.80. The summed E-state index contributed by atoms with van der Waals surface area (Å²) in [7, 11) is -3.80. The van der Waals surface area contributed by atoms with Gasteiger partial charge in [-0.2, -0.15) is 0 Å². The number of hydrogen-bond acceptors (Lipinski definition) is 4. The molecule has 0 atom stereocenters. The third-order valence-corrected chi connectivity index (χ3v) is 4.61. The molecule has 0 aliphatic carbocycles. The number of nitrogens with zero attached hydrogens (tertiary/aromatic N) is 1. The highest BCUT2D eigenvalue weighted by molar-refractivity contribution is 7.89. The fourth-order valence-electron chi connectivity index (χ4n) is 2.55. The molecule has 0 fully saturated rings. The summed E-state index contributed by atoms with van der Waals surface area (Å²) in [6.45, 7) is 2.33. The van der Waals surface area contributed by atoms with E-state index < -0.39 is 10.0 Å². The highest BCUT2D eigenvalue weighted by atomic mass is 32.2. The lowest BCUT2D eigenvalue weighted by Crippen LogP contribution is -2.27. The number of carbonyl (C=O) groups is 1. The van der Waals surface area contributed by atoms with Gasteiger partial charge in [-0.25, -0.2) is 13.6 Å². The first-order valence-corrected chi connectivity index (χ1v) is 8.61. The van der Waals surface area contributed by atoms with Gasteiger partial charge in [0.05, 0.1) is 4.90 Å². The van der Waals surface area contributed by atoms with Crippen molar-refractivity contribution in [2.45, 2.75) is 18.2 Å². The quantitative estimate of drug-likeness (QED) is 0.868. The van der Waals surface area contributed by atoms with Crippen molar-refractivity contribution in [2.75, 3.05) is 11.4 Å². The highest BCUT2D eigenvalue weighted by Crippen LogP contribution is 2.30. The maximum Gasteiger partial charge on any atom is 0.251 e. The molecular weight excluding hydrogens is 316 g/mol. The second-order valence-electron chi connectivity index (χ2n) is 5.36. The molecule has 0 saturated carbocycles. The van der Waals surface area contributed by atoms with E-state index in [-0.39, 0.29) is 10.8 Å². The van der Waals surface area contributed by atoms with E-state index >= 15 is 0 Å². The smallest absolute Gasteiger partial charge is 0.251 e. The first-order valence-electron chi connectivity index (χ1n) is 7.06. The standard InChI is InChI=1S/C16H16N2O4S/c1-11-2-4-13(22-11)5-7-16(19)18-9-8-12-3-6-14(10-15(12)18)23(17,20)21/h2-7,10H,8-9H2,1H3,(H2,17,20,21). The van der Waals surface area contributed by atoms with E-state index in [2.05, 4.69) is 0 Å². The molecule has 0 spiro atoms. The lowest BCUT2D eigenvalue weighted by atomic mass is 10.2. The van der Waals surface area contributed by atoms with E-state index in [0.29, 0.717) is 24.4 Å². The number of furan rings is 1. The molecule has 1 aromatic heterocycles. The Hall–Kier alpha value is -2.38. The molecule has 2 heterocycles. The first kappa shape index (κ1) is 15.5. The zero-order valence-electron chi connectivity index (χ0n) is 12.5. The average Bonchev–Trinajstić information content (AvgIpc) is 3.09. The fourth-order valence-corrected chi connectivity index (χ4v) is 3.08. The van der Waals surface area contributed by atoms with E-state index in [0.717, 1.165) is 11.3 Å². The van der Waals surface area contributed by atoms with Gasteiger partial charge < -0.3 is 9.32 Å². The molecule has 3 rings (SSSR count). The summed E-state index contributed by atoms with van der Waals surface area (Å²) in [5.74, 6) is 1.12. The van der Waals surface area contributed by atoms with Crippen LogP contribution in [-0.2, 0) is 21.2 Å². The Morgan fingerprint density at radius 3 is 2.74 bits per heavy atom. The Morgan fingerprint density at radius 2 is 2.09 bits per heavy atom. The van der Waals surface area contributed by atoms with E-state index in [9.17, 15) is 13.2 Å². The van der Waals surface area contributed by atoms with Crippen molar-refractivity contribution < 1.29 is 17.6 Å². The summed E-state index contributed by atoms with van der Waals surface area (Å²) in [5, 5.41) is 5.15. The van der Waals surface area contributed by atoms with Gasteiger partial charge in [-0.15, -0.1) is 0 Å². The molecule has 1 aromatic carbocycles. The summed E-state index contributed by atoms with van der Waals surface area (Å²) in [5.41, 5.74) is 1.51. The van der Waals surface area contributed by atoms with Gasteiger partial charge in [0.25, 0.3) is 5.91 Å². The number of carbonyl (C=O) groups excluding carboxylic acids is 1. The molecule has 23 heavy (non-hydrogen) atoms. The van der Waals surface area contributed by atoms with Crippen LogP contribution in [-0.4, -0.2) is 20.9 Å². The summed E-state index contributed by atoms with van der Waals surface area (Å²) in [6, 6.07) is 8.19. The zero-order valence-corrected chi connectivity index (χ0v) is 13.3. The number of primary sulfonamides is 1. The topological polar surface area (TPSA) is 93.6 Å². The monoisotopic (exact) mass is 332 g/mol. The summed E-state index contributed by atoms with van der Waals surface area (Å²) < 4.78 is 28.3. The second kappa shape index (κ2) is 5.68. The molecule has 120 valence electrons. The fraction of sp³-hybridized carbons (Fsp3) is 0.188. The number of hydrogen-bond donors (Lipinski definition) is 1. The number of nitrogens with two attached hydrogens (primary N) is 1. The van der Waals surface area contributed by atoms with Crippen LogP contribution in [0.5, 0.6) is 0 Å². The average molecular weight is 332 g/mol. The molecule has 0 radical (unpaired) electrons. The lowest BCUT2D eigenvalue weighted by molar-refractivity contribution is -0.114. The normalized spacial score (nSPS) is 14.4. The van der Waals surface area contributed by atoms with Gasteiger partial charge >= 0.3 is 0 Å². The molecule has 1 amide bonds. The SMILES string of the molecule is Cc1ccc(C=CC(=O)N2CCc3ccc(S(N)(=O)=O)cc32)o1. The van der Waals surface area contributed by atoms with Gasteiger partial charge in [-0.05, 0) is 49.2 Å². The third-order valence-electron chi connectivity index (χ3n) is 3.70. The summed E-state index contributed by atoms with van der Waals surface area (Å²) in [6.07, 6.45) is 3.69. The van der Waals surface area contributed by atoms with E-state index in [1.165, 1.54) is 23.1 Å². The van der Waals surface area contributed by atoms with Crippen LogP contribution in [0.4, 0.5) is 5.69 Å². The largest absolute Gasteiger partial charge is 0.462 e. The minimum absolute atomic E-state index is 0.00147. The van der Waals surface area contributed by atoms with Crippen molar-refractivity contribution >= 4 is 27.7 Å². The van der Waals surface area contributed by atoms with Gasteiger partial charge in [0.1, 0.15) is 11.5 Å². The molecule has 0 bridgehead atoms. The summed E-state index contributed by atoms with van der Waals surface area (Å²) >= 11 is 0. The Labute approximate surface area is 134 Å². The Morgan fingerprint density at radius 1 is 1.30 bits per heavy atom. The van der Waals surface area contributed by atoms with Crippen molar-refractivity contribution in [3.05, 3.63) is 53.5 Å². The highest BCUT2D eigenvalue weighted by Gasteiger charge is 2.25. The van der Waals surface area contributed by atoms with Crippen LogP contribution in [0, 0.1) is 6.92 Å². The van der Waals surface area contributed by atoms with Crippen LogP contribution in [0.3, 0.4) is 0 Å². The lowest BCUT2D eigenvalue weighted by Gasteiger charge is -2.15. The number of anilines is 1. The molecule has 2 N–H and O–H groups in total. The van der Waals surface area contributed by atoms with Gasteiger partial charge in [0.15, 0.2) is 0 Å². The van der Waals surface area contributed by atoms with E-state index in [1.807, 2.05) is 13.0 Å². The van der Waals surface area contributed by atoms with E-state index in [1.54, 1.807) is 18.2 Å². The zero-order chi connectivity index (χ0) is 16.6. The van der Waals surface area contributed by atoms with Crippen molar-refractivity contribution in [3.8, 4) is 0 Å². The molecule has 6 nitrogen and oxygen atoms in total. The van der Waals surface area contributed by atoms with Crippen LogP contribution >= 0.6 is 0 Å². The van der Waals surface area contributed by atoms with Crippen molar-refractivity contribution in [1.29, 1.82) is 0 Å². The van der Waals surface area contributed by atoms with Gasteiger partial charge in [-0.3, -0.25) is 4.79 Å². The predicted molar refractivity (Wildman–Crippen MR) is 86.4 cm³/mol. The number of rotatable bonds is 3. The van der Waals surface area contributed by atoms with Crippen LogP contribution in [0.25, 0.3) is 6.08 Å². The maximum atomic E-state index is 12.4. The number of sulfonamides is 1. The second-order valence-corrected chi connectivity index (χ2v) is 6.92. The third kappa shape index (κ3) is 3.20. The minimum Gasteiger partial charge on any atom is -0.462 e. The van der Waals surface area contributed by atoms with Crippen molar-refractivity contribution in [1.82, 2.24) is 0 Å². The Bertz CT molecular complexity index is 897. The van der Waals surface area contributed by atoms with Crippen LogP contribution in [0.1, 0.15) is 17.1 Å². The molecule has 0 saturated heterocycles. The molecule has 7 heteroatoms. The maximum absolute atomic E-state index is 12.4. The Kier molecular flexibility index (Phi) is 3.83. The van der Waals surface area contributed by atoms with Crippen LogP contribution in [0.15, 0.2) is 45.7 Å². The van der Waals surface area contributed by atoms with Crippen LogP contribution in [0.2, 0.25) is 0 Å². The predicted octanol–water partition coefficient (Wildman–Crippen LogP) is 1.84. The molecule has 2 aromatic rings. The van der Waals surface area contributed by atoms with Crippen molar-refractivity contribution in [3.63, 3.8) is 0 Å². The number of aryl methyl sites for hydroxylation is 1. The van der Waals surface area contributed by atoms with E-state index in [4.69, 9.17) is 9.56 Å². The molecule has 1 aliphatic rings. The number of amides is 1. The first-order chi connectivity index (χ1) is 10.8.